The quantitative estimate of drug-likeness (QED) is 0.613. The third-order valence-electron chi connectivity index (χ3n) is 5.32. The zero-order chi connectivity index (χ0) is 22.5. The lowest BCUT2D eigenvalue weighted by Gasteiger charge is -2.51. The first-order valence-corrected chi connectivity index (χ1v) is 10.3. The summed E-state index contributed by atoms with van der Waals surface area (Å²) in [6, 6.07) is 4.96. The summed E-state index contributed by atoms with van der Waals surface area (Å²) in [5.74, 6) is -0.139. The van der Waals surface area contributed by atoms with Gasteiger partial charge < -0.3 is 20.9 Å². The van der Waals surface area contributed by atoms with Gasteiger partial charge in [0.25, 0.3) is 0 Å². The molecule has 1 aliphatic carbocycles. The van der Waals surface area contributed by atoms with Crippen LogP contribution in [0.25, 0.3) is 0 Å². The van der Waals surface area contributed by atoms with Crippen LogP contribution in [-0.2, 0) is 15.1 Å². The Morgan fingerprint density at radius 2 is 2.00 bits per heavy atom. The number of nitrogens with two attached hydrogens (primary N) is 1. The van der Waals surface area contributed by atoms with Crippen LogP contribution in [0.3, 0.4) is 0 Å². The minimum absolute atomic E-state index is 0.0852. The van der Waals surface area contributed by atoms with Crippen molar-refractivity contribution in [2.24, 2.45) is 4.99 Å². The van der Waals surface area contributed by atoms with Crippen LogP contribution < -0.4 is 11.1 Å². The van der Waals surface area contributed by atoms with E-state index < -0.39 is 22.8 Å². The summed E-state index contributed by atoms with van der Waals surface area (Å²) in [4.78, 5) is 31.1. The number of guanidine groups is 1. The number of ether oxygens (including phenoxy) is 1. The maximum atomic E-state index is 13.2. The topological polar surface area (TPSA) is 117 Å². The average molecular weight is 437 g/mol. The number of benzene rings is 1. The first-order valence-electron chi connectivity index (χ1n) is 9.90. The van der Waals surface area contributed by atoms with Gasteiger partial charge in [-0.05, 0) is 59.1 Å². The molecule has 30 heavy (non-hydrogen) atoms. The van der Waals surface area contributed by atoms with Gasteiger partial charge in [0.2, 0.25) is 11.9 Å². The molecule has 8 nitrogen and oxygen atoms in total. The molecule has 1 aliphatic heterocycles. The van der Waals surface area contributed by atoms with Crippen molar-refractivity contribution in [3.8, 4) is 0 Å². The fourth-order valence-corrected chi connectivity index (χ4v) is 4.30. The molecule has 1 aromatic carbocycles. The van der Waals surface area contributed by atoms with Crippen LogP contribution in [0.4, 0.5) is 10.5 Å². The summed E-state index contributed by atoms with van der Waals surface area (Å²) < 4.78 is 5.31. The van der Waals surface area contributed by atoms with Gasteiger partial charge in [-0.15, -0.1) is 4.99 Å². The molecule has 0 bridgehead atoms. The van der Waals surface area contributed by atoms with Crippen molar-refractivity contribution in [1.82, 2.24) is 10.2 Å². The largest absolute Gasteiger partial charge is 0.442 e. The van der Waals surface area contributed by atoms with E-state index in [0.29, 0.717) is 29.1 Å². The Morgan fingerprint density at radius 3 is 2.57 bits per heavy atom. The SMILES string of the molecule is CC1(O)CC(N2C(=O)C[C@@](C)(c3cccc(N)c3Cl)NC2=NC(=O)OC(C)(C)C)C1. The molecule has 9 heteroatoms. The number of rotatable bonds is 2. The molecule has 0 spiro atoms. The molecule has 1 heterocycles. The molecule has 0 unspecified atom stereocenters. The molecule has 1 aromatic rings. The molecule has 2 fully saturated rings. The maximum Gasteiger partial charge on any atom is 0.437 e. The van der Waals surface area contributed by atoms with Crippen molar-refractivity contribution in [3.63, 3.8) is 0 Å². The van der Waals surface area contributed by atoms with Gasteiger partial charge >= 0.3 is 6.09 Å². The third kappa shape index (κ3) is 4.54. The second-order valence-corrected chi connectivity index (χ2v) is 9.96. The van der Waals surface area contributed by atoms with Crippen LogP contribution in [0.15, 0.2) is 23.2 Å². The van der Waals surface area contributed by atoms with Crippen LogP contribution in [0.5, 0.6) is 0 Å². The zero-order valence-electron chi connectivity index (χ0n) is 18.0. The van der Waals surface area contributed by atoms with Gasteiger partial charge in [-0.3, -0.25) is 9.69 Å². The highest BCUT2D eigenvalue weighted by atomic mass is 35.5. The summed E-state index contributed by atoms with van der Waals surface area (Å²) in [6.45, 7) is 8.74. The summed E-state index contributed by atoms with van der Waals surface area (Å²) in [5, 5.41) is 13.7. The molecule has 4 N–H and O–H groups in total. The van der Waals surface area contributed by atoms with E-state index in [-0.39, 0.29) is 24.3 Å². The predicted octanol–water partition coefficient (Wildman–Crippen LogP) is 3.16. The smallest absolute Gasteiger partial charge is 0.437 e. The number of nitrogen functional groups attached to an aromatic ring is 1. The van der Waals surface area contributed by atoms with Gasteiger partial charge in [0.1, 0.15) is 5.60 Å². The first-order chi connectivity index (χ1) is 13.7. The lowest BCUT2D eigenvalue weighted by atomic mass is 9.75. The van der Waals surface area contributed by atoms with E-state index >= 15 is 0 Å². The molecule has 1 atom stereocenters. The molecule has 2 aliphatic rings. The molecular weight excluding hydrogens is 408 g/mol. The molecule has 0 radical (unpaired) electrons. The molecule has 3 rings (SSSR count). The van der Waals surface area contributed by atoms with Crippen molar-refractivity contribution in [2.75, 3.05) is 5.73 Å². The summed E-state index contributed by atoms with van der Waals surface area (Å²) in [6.07, 6.45) is 0.0617. The monoisotopic (exact) mass is 436 g/mol. The predicted molar refractivity (Wildman–Crippen MR) is 115 cm³/mol. The molecule has 2 amide bonds. The molecular formula is C21H29ClN4O4. The second kappa shape index (κ2) is 7.42. The van der Waals surface area contributed by atoms with Crippen LogP contribution >= 0.6 is 11.6 Å². The van der Waals surface area contributed by atoms with E-state index in [1.54, 1.807) is 45.9 Å². The molecule has 1 saturated heterocycles. The number of aliphatic hydroxyl groups is 1. The van der Waals surface area contributed by atoms with Gasteiger partial charge in [0, 0.05) is 6.04 Å². The highest BCUT2D eigenvalue weighted by Gasteiger charge is 2.50. The Hall–Kier alpha value is -2.32. The lowest BCUT2D eigenvalue weighted by molar-refractivity contribution is -0.139. The fraction of sp³-hybridized carbons (Fsp3) is 0.571. The highest BCUT2D eigenvalue weighted by Crippen LogP contribution is 2.41. The maximum absolute atomic E-state index is 13.2. The summed E-state index contributed by atoms with van der Waals surface area (Å²) in [5.41, 5.74) is 4.48. The number of aliphatic imine (C=N–C) groups is 1. The summed E-state index contributed by atoms with van der Waals surface area (Å²) in [7, 11) is 0. The minimum Gasteiger partial charge on any atom is -0.442 e. The van der Waals surface area contributed by atoms with Crippen LogP contribution in [0.1, 0.15) is 59.4 Å². The lowest BCUT2D eigenvalue weighted by Crippen LogP contribution is -2.66. The van der Waals surface area contributed by atoms with Gasteiger partial charge in [0.15, 0.2) is 0 Å². The zero-order valence-corrected chi connectivity index (χ0v) is 18.7. The van der Waals surface area contributed by atoms with E-state index in [2.05, 4.69) is 10.3 Å². The number of halogens is 1. The number of amides is 2. The van der Waals surface area contributed by atoms with E-state index in [9.17, 15) is 14.7 Å². The van der Waals surface area contributed by atoms with Gasteiger partial charge in [0.05, 0.1) is 28.3 Å². The average Bonchev–Trinajstić information content (AvgIpc) is 2.53. The second-order valence-electron chi connectivity index (χ2n) is 9.58. The Labute approximate surface area is 181 Å². The van der Waals surface area contributed by atoms with E-state index in [1.165, 1.54) is 4.90 Å². The fourth-order valence-electron chi connectivity index (χ4n) is 3.96. The van der Waals surface area contributed by atoms with Gasteiger partial charge in [-0.25, -0.2) is 4.79 Å². The van der Waals surface area contributed by atoms with Crippen molar-refractivity contribution in [1.29, 1.82) is 0 Å². The van der Waals surface area contributed by atoms with Crippen LogP contribution in [0.2, 0.25) is 5.02 Å². The van der Waals surface area contributed by atoms with Crippen LogP contribution in [-0.4, -0.2) is 45.2 Å². The third-order valence-corrected chi connectivity index (χ3v) is 5.74. The Kier molecular flexibility index (Phi) is 5.54. The molecule has 164 valence electrons. The normalized spacial score (nSPS) is 30.6. The minimum atomic E-state index is -0.923. The highest BCUT2D eigenvalue weighted by molar-refractivity contribution is 6.34. The van der Waals surface area contributed by atoms with Gasteiger partial charge in [-0.2, -0.15) is 0 Å². The number of carbonyl (C=O) groups excluding carboxylic acids is 2. The number of nitrogens with one attached hydrogen (secondary N) is 1. The number of anilines is 1. The molecule has 1 saturated carbocycles. The van der Waals surface area contributed by atoms with E-state index in [1.807, 2.05) is 6.92 Å². The Balaban J connectivity index is 1.99. The van der Waals surface area contributed by atoms with E-state index in [4.69, 9.17) is 22.1 Å². The Bertz CT molecular complexity index is 901. The number of hydrogen-bond acceptors (Lipinski definition) is 5. The van der Waals surface area contributed by atoms with Crippen molar-refractivity contribution >= 4 is 35.2 Å². The Morgan fingerprint density at radius 1 is 1.37 bits per heavy atom. The number of nitrogens with zero attached hydrogens (tertiary/aromatic N) is 2. The number of hydrogen-bond donors (Lipinski definition) is 3. The van der Waals surface area contributed by atoms with Gasteiger partial charge in [-0.1, -0.05) is 23.7 Å². The van der Waals surface area contributed by atoms with Crippen molar-refractivity contribution < 1.29 is 19.4 Å². The van der Waals surface area contributed by atoms with E-state index in [0.717, 1.165) is 0 Å². The van der Waals surface area contributed by atoms with Crippen molar-refractivity contribution in [3.05, 3.63) is 28.8 Å². The first kappa shape index (κ1) is 22.4. The standard InChI is InChI=1S/C21H29ClN4O4/c1-19(2,3)30-18(28)24-17-25-21(5,13-7-6-8-14(23)16(13)22)11-15(27)26(17)12-9-20(4,29)10-12/h6-8,12,29H,9-11,23H2,1-5H3,(H,24,25,28)/t12?,20?,21-/m0/s1. The number of carbonyl (C=O) groups is 2. The molecule has 0 aromatic heterocycles. The summed E-state index contributed by atoms with van der Waals surface area (Å²) >= 11 is 6.42. The van der Waals surface area contributed by atoms with Crippen molar-refractivity contribution in [2.45, 2.75) is 76.7 Å². The van der Waals surface area contributed by atoms with Crippen LogP contribution in [0, 0.1) is 0 Å².